The molecule has 3 rings (SSSR count). The summed E-state index contributed by atoms with van der Waals surface area (Å²) in [5, 5.41) is 12.9. The maximum atomic E-state index is 11.5. The molecule has 1 unspecified atom stereocenters. The fraction of sp³-hybridized carbons (Fsp3) is 0.562. The second-order valence-corrected chi connectivity index (χ2v) is 5.94. The number of carbonyl (C=O) groups excluding carboxylic acids is 1. The summed E-state index contributed by atoms with van der Waals surface area (Å²) in [6.45, 7) is 4.67. The number of fused-ring (bicyclic) bond motifs is 1. The van der Waals surface area contributed by atoms with Crippen molar-refractivity contribution in [3.05, 3.63) is 34.4 Å². The third kappa shape index (κ3) is 2.45. The molecular formula is C16H22NO3+. The Kier molecular flexibility index (Phi) is 3.76. The van der Waals surface area contributed by atoms with Crippen molar-refractivity contribution in [3.63, 3.8) is 0 Å². The summed E-state index contributed by atoms with van der Waals surface area (Å²) in [6.07, 6.45) is 2.76. The third-order valence-electron chi connectivity index (χ3n) is 4.68. The van der Waals surface area contributed by atoms with Gasteiger partial charge in [0.25, 0.3) is 0 Å². The van der Waals surface area contributed by atoms with Gasteiger partial charge in [0.1, 0.15) is 6.61 Å². The molecule has 1 aromatic rings. The van der Waals surface area contributed by atoms with Gasteiger partial charge in [-0.3, -0.25) is 0 Å². The number of rotatable bonds is 3. The van der Waals surface area contributed by atoms with Crippen molar-refractivity contribution >= 4 is 5.97 Å². The topological polar surface area (TPSA) is 63.1 Å². The number of aliphatic hydroxyl groups is 1. The van der Waals surface area contributed by atoms with Crippen molar-refractivity contribution in [3.8, 4) is 0 Å². The number of carbonyl (C=O) groups is 1. The van der Waals surface area contributed by atoms with Crippen molar-refractivity contribution in [2.45, 2.75) is 38.9 Å². The Balaban J connectivity index is 1.78. The second kappa shape index (κ2) is 5.54. The summed E-state index contributed by atoms with van der Waals surface area (Å²) in [5.74, 6) is 0.368. The van der Waals surface area contributed by atoms with Crippen LogP contribution in [0.15, 0.2) is 12.1 Å². The lowest BCUT2D eigenvalue weighted by Gasteiger charge is -2.24. The Morgan fingerprint density at radius 3 is 2.90 bits per heavy atom. The molecule has 1 aromatic carbocycles. The first-order chi connectivity index (χ1) is 9.66. The zero-order chi connectivity index (χ0) is 14.1. The van der Waals surface area contributed by atoms with E-state index in [0.717, 1.165) is 23.1 Å². The van der Waals surface area contributed by atoms with E-state index in [2.05, 4.69) is 5.32 Å². The highest BCUT2D eigenvalue weighted by atomic mass is 16.5. The lowest BCUT2D eigenvalue weighted by molar-refractivity contribution is -0.665. The molecule has 0 saturated carbocycles. The minimum Gasteiger partial charge on any atom is -0.457 e. The van der Waals surface area contributed by atoms with Crippen LogP contribution in [-0.4, -0.2) is 24.2 Å². The van der Waals surface area contributed by atoms with Crippen LogP contribution < -0.4 is 5.32 Å². The van der Waals surface area contributed by atoms with Crippen molar-refractivity contribution in [1.29, 1.82) is 0 Å². The fourth-order valence-electron chi connectivity index (χ4n) is 3.40. The molecule has 4 heteroatoms. The molecule has 0 aliphatic carbocycles. The molecule has 1 fully saturated rings. The molecular weight excluding hydrogens is 254 g/mol. The quantitative estimate of drug-likeness (QED) is 0.812. The van der Waals surface area contributed by atoms with E-state index < -0.39 is 6.10 Å². The molecule has 0 spiro atoms. The van der Waals surface area contributed by atoms with Crippen molar-refractivity contribution < 1.29 is 20.0 Å². The van der Waals surface area contributed by atoms with Gasteiger partial charge >= 0.3 is 5.97 Å². The van der Waals surface area contributed by atoms with Gasteiger partial charge < -0.3 is 15.2 Å². The number of ether oxygens (including phenoxy) is 1. The number of hydrogen-bond donors (Lipinski definition) is 2. The first-order valence-electron chi connectivity index (χ1n) is 7.46. The van der Waals surface area contributed by atoms with Gasteiger partial charge in [-0.1, -0.05) is 6.07 Å². The van der Waals surface area contributed by atoms with Crippen LogP contribution in [0.3, 0.4) is 0 Å². The van der Waals surface area contributed by atoms with Gasteiger partial charge in [0, 0.05) is 5.56 Å². The normalized spacial score (nSPS) is 20.6. The summed E-state index contributed by atoms with van der Waals surface area (Å²) in [5.41, 5.74) is 3.58. The van der Waals surface area contributed by atoms with Gasteiger partial charge in [-0.05, 0) is 49.3 Å². The van der Waals surface area contributed by atoms with E-state index in [1.54, 1.807) is 6.07 Å². The average molecular weight is 276 g/mol. The van der Waals surface area contributed by atoms with Gasteiger partial charge in [-0.15, -0.1) is 0 Å². The Bertz CT molecular complexity index is 521. The first kappa shape index (κ1) is 13.6. The standard InChI is InChI=1S/C16H21NO3/c1-10-12(2-3-13-14(10)9-20-16(13)19)15(18)8-11-4-6-17-7-5-11/h2-3,11,15,17-18H,4-9H2,1H3/p+1. The van der Waals surface area contributed by atoms with E-state index >= 15 is 0 Å². The molecule has 2 aliphatic rings. The number of benzene rings is 1. The highest BCUT2D eigenvalue weighted by Gasteiger charge is 2.27. The molecule has 1 atom stereocenters. The molecule has 3 N–H and O–H groups in total. The number of cyclic esters (lactones) is 1. The van der Waals surface area contributed by atoms with E-state index in [-0.39, 0.29) is 5.97 Å². The van der Waals surface area contributed by atoms with Crippen LogP contribution in [0.25, 0.3) is 0 Å². The van der Waals surface area contributed by atoms with Gasteiger partial charge in [-0.2, -0.15) is 0 Å². The number of quaternary nitrogens is 1. The number of esters is 1. The Morgan fingerprint density at radius 2 is 2.15 bits per heavy atom. The molecule has 1 saturated heterocycles. The number of aliphatic hydroxyl groups excluding tert-OH is 1. The predicted octanol–water partition coefficient (Wildman–Crippen LogP) is 1.06. The van der Waals surface area contributed by atoms with Crippen LogP contribution >= 0.6 is 0 Å². The Labute approximate surface area is 119 Å². The molecule has 108 valence electrons. The molecule has 0 bridgehead atoms. The number of nitrogens with two attached hydrogens (primary N) is 1. The third-order valence-corrected chi connectivity index (χ3v) is 4.68. The van der Waals surface area contributed by atoms with Crippen LogP contribution in [0, 0.1) is 12.8 Å². The molecule has 0 radical (unpaired) electrons. The van der Waals surface area contributed by atoms with Crippen LogP contribution in [0.5, 0.6) is 0 Å². The van der Waals surface area contributed by atoms with Crippen LogP contribution in [0.2, 0.25) is 0 Å². The van der Waals surface area contributed by atoms with Crippen LogP contribution in [-0.2, 0) is 11.3 Å². The summed E-state index contributed by atoms with van der Waals surface area (Å²) in [6, 6.07) is 3.69. The molecule has 4 nitrogen and oxygen atoms in total. The van der Waals surface area contributed by atoms with E-state index in [0.29, 0.717) is 18.1 Å². The maximum absolute atomic E-state index is 11.5. The number of hydrogen-bond acceptors (Lipinski definition) is 3. The molecule has 20 heavy (non-hydrogen) atoms. The summed E-state index contributed by atoms with van der Waals surface area (Å²) in [4.78, 5) is 11.5. The minimum atomic E-state index is -0.431. The molecule has 2 aliphatic heterocycles. The lowest BCUT2D eigenvalue weighted by atomic mass is 9.87. The first-order valence-corrected chi connectivity index (χ1v) is 7.46. The Hall–Kier alpha value is -1.39. The summed E-state index contributed by atoms with van der Waals surface area (Å²) >= 11 is 0. The van der Waals surface area contributed by atoms with E-state index in [1.165, 1.54) is 25.9 Å². The van der Waals surface area contributed by atoms with Crippen LogP contribution in [0.1, 0.15) is 52.4 Å². The molecule has 0 amide bonds. The zero-order valence-corrected chi connectivity index (χ0v) is 11.9. The average Bonchev–Trinajstić information content (AvgIpc) is 2.83. The lowest BCUT2D eigenvalue weighted by Crippen LogP contribution is -2.86. The number of piperidine rings is 1. The highest BCUT2D eigenvalue weighted by molar-refractivity contribution is 5.93. The van der Waals surface area contributed by atoms with Crippen LogP contribution in [0.4, 0.5) is 0 Å². The summed E-state index contributed by atoms with van der Waals surface area (Å²) < 4.78 is 5.06. The van der Waals surface area contributed by atoms with Crippen molar-refractivity contribution in [2.75, 3.05) is 13.1 Å². The van der Waals surface area contributed by atoms with Gasteiger partial charge in [0.15, 0.2) is 0 Å². The predicted molar refractivity (Wildman–Crippen MR) is 74.3 cm³/mol. The molecule has 0 aromatic heterocycles. The SMILES string of the molecule is Cc1c(C(O)CC2CC[NH2+]CC2)ccc2c1COC2=O. The van der Waals surface area contributed by atoms with E-state index in [1.807, 2.05) is 13.0 Å². The smallest absolute Gasteiger partial charge is 0.338 e. The minimum absolute atomic E-state index is 0.244. The van der Waals surface area contributed by atoms with Gasteiger partial charge in [0.2, 0.25) is 0 Å². The van der Waals surface area contributed by atoms with Gasteiger partial charge in [-0.25, -0.2) is 4.79 Å². The monoisotopic (exact) mass is 276 g/mol. The van der Waals surface area contributed by atoms with Gasteiger partial charge in [0.05, 0.1) is 24.8 Å². The zero-order valence-electron chi connectivity index (χ0n) is 11.9. The highest BCUT2D eigenvalue weighted by Crippen LogP contribution is 2.32. The van der Waals surface area contributed by atoms with Crippen molar-refractivity contribution in [1.82, 2.24) is 0 Å². The maximum Gasteiger partial charge on any atom is 0.338 e. The summed E-state index contributed by atoms with van der Waals surface area (Å²) in [7, 11) is 0. The molecule has 2 heterocycles. The van der Waals surface area contributed by atoms with Crippen molar-refractivity contribution in [2.24, 2.45) is 5.92 Å². The fourth-order valence-corrected chi connectivity index (χ4v) is 3.40. The van der Waals surface area contributed by atoms with E-state index in [4.69, 9.17) is 4.74 Å². The van der Waals surface area contributed by atoms with E-state index in [9.17, 15) is 9.90 Å². The largest absolute Gasteiger partial charge is 0.457 e. The second-order valence-electron chi connectivity index (χ2n) is 5.94. The Morgan fingerprint density at radius 1 is 1.40 bits per heavy atom.